The van der Waals surface area contributed by atoms with E-state index in [-0.39, 0.29) is 11.8 Å². The maximum absolute atomic E-state index is 12.6. The first kappa shape index (κ1) is 19.4. The SMILES string of the molecule is Cc1ccc(-c2cnnc(-n3nc(C)c4c3NC(=O)C[C@H]4c3ccc(Cl)cc3)n2)cc1. The maximum Gasteiger partial charge on any atom is 0.272 e. The standard InChI is InChI=1S/C23H19ClN6O/c1-13-3-5-16(6-4-13)19-12-25-28-23(26-19)30-22-21(14(2)29-30)18(11-20(31)27-22)15-7-9-17(24)10-8-15/h3-10,12,18H,11H2,1-2H3,(H,27,31)/t18-/m0/s1. The minimum atomic E-state index is -0.122. The summed E-state index contributed by atoms with van der Waals surface area (Å²) < 4.78 is 1.56. The van der Waals surface area contributed by atoms with E-state index in [0.717, 1.165) is 22.4 Å². The van der Waals surface area contributed by atoms with Gasteiger partial charge < -0.3 is 5.32 Å². The Bertz CT molecular complexity index is 1280. The van der Waals surface area contributed by atoms with Gasteiger partial charge in [0.1, 0.15) is 5.82 Å². The first-order valence-electron chi connectivity index (χ1n) is 9.91. The average molecular weight is 431 g/mol. The van der Waals surface area contributed by atoms with E-state index in [1.165, 1.54) is 5.56 Å². The first-order chi connectivity index (χ1) is 15.0. The summed E-state index contributed by atoms with van der Waals surface area (Å²) in [5.74, 6) is 0.676. The summed E-state index contributed by atoms with van der Waals surface area (Å²) in [7, 11) is 0. The van der Waals surface area contributed by atoms with Gasteiger partial charge in [-0.15, -0.1) is 5.10 Å². The Morgan fingerprint density at radius 1 is 1.06 bits per heavy atom. The van der Waals surface area contributed by atoms with Gasteiger partial charge in [0.15, 0.2) is 0 Å². The monoisotopic (exact) mass is 430 g/mol. The largest absolute Gasteiger partial charge is 0.310 e. The fourth-order valence-corrected chi connectivity index (χ4v) is 4.04. The normalized spacial score (nSPS) is 15.5. The number of hydrogen-bond donors (Lipinski definition) is 1. The molecule has 8 heteroatoms. The predicted octanol–water partition coefficient (Wildman–Crippen LogP) is 4.47. The number of benzene rings is 2. The molecule has 0 fully saturated rings. The van der Waals surface area contributed by atoms with E-state index < -0.39 is 0 Å². The van der Waals surface area contributed by atoms with Gasteiger partial charge >= 0.3 is 0 Å². The van der Waals surface area contributed by atoms with Crippen molar-refractivity contribution in [2.24, 2.45) is 0 Å². The second-order valence-electron chi connectivity index (χ2n) is 7.62. The molecule has 1 atom stereocenters. The van der Waals surface area contributed by atoms with E-state index in [9.17, 15) is 4.79 Å². The van der Waals surface area contributed by atoms with Gasteiger partial charge in [-0.05, 0) is 31.5 Å². The number of nitrogens with one attached hydrogen (secondary N) is 1. The van der Waals surface area contributed by atoms with Crippen LogP contribution in [0.3, 0.4) is 0 Å². The Hall–Kier alpha value is -3.58. The molecule has 1 aliphatic rings. The van der Waals surface area contributed by atoms with Crippen molar-refractivity contribution in [3.63, 3.8) is 0 Å². The van der Waals surface area contributed by atoms with Gasteiger partial charge in [0.05, 0.1) is 17.6 Å². The second kappa shape index (κ2) is 7.59. The van der Waals surface area contributed by atoms with Crippen molar-refractivity contribution in [1.29, 1.82) is 0 Å². The zero-order valence-corrected chi connectivity index (χ0v) is 17.8. The van der Waals surface area contributed by atoms with Crippen molar-refractivity contribution >= 4 is 23.3 Å². The van der Waals surface area contributed by atoms with Gasteiger partial charge in [0.2, 0.25) is 5.91 Å². The molecule has 154 valence electrons. The molecule has 0 saturated carbocycles. The minimum absolute atomic E-state index is 0.0868. The minimum Gasteiger partial charge on any atom is -0.310 e. The summed E-state index contributed by atoms with van der Waals surface area (Å²) >= 11 is 6.05. The van der Waals surface area contributed by atoms with Gasteiger partial charge in [-0.25, -0.2) is 4.98 Å². The molecule has 1 N–H and O–H groups in total. The number of carbonyl (C=O) groups is 1. The van der Waals surface area contributed by atoms with Gasteiger partial charge in [-0.1, -0.05) is 53.6 Å². The van der Waals surface area contributed by atoms with Crippen molar-refractivity contribution in [3.8, 4) is 17.2 Å². The summed E-state index contributed by atoms with van der Waals surface area (Å²) in [6.45, 7) is 3.96. The quantitative estimate of drug-likeness (QED) is 0.518. The number of hydrogen-bond acceptors (Lipinski definition) is 5. The molecule has 0 bridgehead atoms. The molecule has 0 unspecified atom stereocenters. The van der Waals surface area contributed by atoms with Crippen molar-refractivity contribution in [2.75, 3.05) is 5.32 Å². The topological polar surface area (TPSA) is 85.6 Å². The molecular weight excluding hydrogens is 412 g/mol. The lowest BCUT2D eigenvalue weighted by atomic mass is 9.86. The van der Waals surface area contributed by atoms with E-state index in [2.05, 4.69) is 25.6 Å². The highest BCUT2D eigenvalue weighted by Crippen LogP contribution is 2.40. The molecule has 31 heavy (non-hydrogen) atoms. The molecule has 2 aromatic carbocycles. The highest BCUT2D eigenvalue weighted by Gasteiger charge is 2.33. The lowest BCUT2D eigenvalue weighted by Crippen LogP contribution is -2.25. The van der Waals surface area contributed by atoms with Gasteiger partial charge in [-0.2, -0.15) is 14.9 Å². The van der Waals surface area contributed by atoms with Crippen LogP contribution in [0.2, 0.25) is 5.02 Å². The molecular formula is C23H19ClN6O. The Labute approximate surface area is 184 Å². The molecule has 0 saturated heterocycles. The smallest absolute Gasteiger partial charge is 0.272 e. The Morgan fingerprint density at radius 2 is 1.81 bits per heavy atom. The molecule has 0 radical (unpaired) electrons. The van der Waals surface area contributed by atoms with Crippen LogP contribution < -0.4 is 5.32 Å². The van der Waals surface area contributed by atoms with Crippen molar-refractivity contribution in [3.05, 3.63) is 82.1 Å². The Morgan fingerprint density at radius 3 is 2.55 bits per heavy atom. The van der Waals surface area contributed by atoms with Crippen LogP contribution in [0.1, 0.15) is 34.7 Å². The summed E-state index contributed by atoms with van der Waals surface area (Å²) in [5, 5.41) is 16.6. The molecule has 7 nitrogen and oxygen atoms in total. The van der Waals surface area contributed by atoms with Gasteiger partial charge in [0, 0.05) is 28.5 Å². The van der Waals surface area contributed by atoms with Crippen molar-refractivity contribution < 1.29 is 4.79 Å². The lowest BCUT2D eigenvalue weighted by molar-refractivity contribution is -0.116. The number of nitrogens with zero attached hydrogens (tertiary/aromatic N) is 5. The zero-order chi connectivity index (χ0) is 21.5. The second-order valence-corrected chi connectivity index (χ2v) is 8.06. The van der Waals surface area contributed by atoms with E-state index in [1.54, 1.807) is 10.9 Å². The van der Waals surface area contributed by atoms with Crippen LogP contribution in [0, 0.1) is 13.8 Å². The average Bonchev–Trinajstić information content (AvgIpc) is 3.10. The van der Waals surface area contributed by atoms with Crippen LogP contribution in [-0.4, -0.2) is 30.9 Å². The summed E-state index contributed by atoms with van der Waals surface area (Å²) in [6, 6.07) is 15.6. The summed E-state index contributed by atoms with van der Waals surface area (Å²) in [5.41, 5.74) is 5.55. The predicted molar refractivity (Wildman–Crippen MR) is 118 cm³/mol. The van der Waals surface area contributed by atoms with Crippen molar-refractivity contribution in [1.82, 2.24) is 25.0 Å². The molecule has 4 aromatic rings. The van der Waals surface area contributed by atoms with Crippen LogP contribution in [0.4, 0.5) is 5.82 Å². The van der Waals surface area contributed by atoms with Crippen molar-refractivity contribution in [2.45, 2.75) is 26.2 Å². The van der Waals surface area contributed by atoms with Crippen LogP contribution in [0.15, 0.2) is 54.7 Å². The molecule has 1 aliphatic heterocycles. The fraction of sp³-hybridized carbons (Fsp3) is 0.174. The summed E-state index contributed by atoms with van der Waals surface area (Å²) in [6.07, 6.45) is 1.95. The molecule has 0 spiro atoms. The third kappa shape index (κ3) is 3.57. The third-order valence-electron chi connectivity index (χ3n) is 5.46. The number of halogens is 1. The van der Waals surface area contributed by atoms with E-state index in [0.29, 0.717) is 28.9 Å². The molecule has 2 aromatic heterocycles. The third-order valence-corrected chi connectivity index (χ3v) is 5.71. The molecule has 1 amide bonds. The van der Waals surface area contributed by atoms with E-state index in [1.807, 2.05) is 62.4 Å². The number of carbonyl (C=O) groups excluding carboxylic acids is 1. The maximum atomic E-state index is 12.6. The first-order valence-corrected chi connectivity index (χ1v) is 10.3. The number of rotatable bonds is 3. The number of fused-ring (bicyclic) bond motifs is 1. The van der Waals surface area contributed by atoms with Crippen LogP contribution in [0.25, 0.3) is 17.2 Å². The molecule has 0 aliphatic carbocycles. The lowest BCUT2D eigenvalue weighted by Gasteiger charge is -2.24. The van der Waals surface area contributed by atoms with E-state index in [4.69, 9.17) is 11.6 Å². The summed E-state index contributed by atoms with van der Waals surface area (Å²) in [4.78, 5) is 17.2. The number of amides is 1. The highest BCUT2D eigenvalue weighted by molar-refractivity contribution is 6.30. The van der Waals surface area contributed by atoms with Gasteiger partial charge in [0.25, 0.3) is 5.95 Å². The van der Waals surface area contributed by atoms with Crippen LogP contribution in [0.5, 0.6) is 0 Å². The van der Waals surface area contributed by atoms with Crippen LogP contribution in [-0.2, 0) is 4.79 Å². The van der Waals surface area contributed by atoms with Crippen LogP contribution >= 0.6 is 11.6 Å². The Balaban J connectivity index is 1.60. The fourth-order valence-electron chi connectivity index (χ4n) is 3.92. The number of aryl methyl sites for hydroxylation is 2. The van der Waals surface area contributed by atoms with Gasteiger partial charge in [-0.3, -0.25) is 4.79 Å². The molecule has 5 rings (SSSR count). The Kier molecular flexibility index (Phi) is 4.75. The van der Waals surface area contributed by atoms with E-state index >= 15 is 0 Å². The number of aromatic nitrogens is 5. The number of anilines is 1. The molecule has 3 heterocycles. The zero-order valence-electron chi connectivity index (χ0n) is 17.0. The highest BCUT2D eigenvalue weighted by atomic mass is 35.5.